The Hall–Kier alpha value is -2.86. The van der Waals surface area contributed by atoms with Gasteiger partial charge in [0.1, 0.15) is 5.75 Å². The highest BCUT2D eigenvalue weighted by atomic mass is 16.5. The van der Waals surface area contributed by atoms with Gasteiger partial charge in [0.15, 0.2) is 0 Å². The van der Waals surface area contributed by atoms with Crippen LogP contribution in [0, 0.1) is 5.92 Å². The maximum absolute atomic E-state index is 12.8. The van der Waals surface area contributed by atoms with E-state index in [-0.39, 0.29) is 23.8 Å². The second-order valence-corrected chi connectivity index (χ2v) is 8.09. The number of hydrogen-bond acceptors (Lipinski definition) is 4. The summed E-state index contributed by atoms with van der Waals surface area (Å²) in [5.74, 6) is 0.859. The lowest BCUT2D eigenvalue weighted by atomic mass is 10.0. The van der Waals surface area contributed by atoms with E-state index in [0.717, 1.165) is 37.2 Å². The van der Waals surface area contributed by atoms with Crippen LogP contribution in [-0.2, 0) is 4.79 Å². The molecule has 158 valence electrons. The fourth-order valence-electron chi connectivity index (χ4n) is 3.98. The number of nitrogens with zero attached hydrogens (tertiary/aromatic N) is 1. The van der Waals surface area contributed by atoms with Crippen molar-refractivity contribution in [1.29, 1.82) is 0 Å². The fourth-order valence-corrected chi connectivity index (χ4v) is 3.98. The van der Waals surface area contributed by atoms with Crippen molar-refractivity contribution in [2.75, 3.05) is 32.1 Å². The highest BCUT2D eigenvalue weighted by Crippen LogP contribution is 2.30. The Bertz CT molecular complexity index is 904. The second kappa shape index (κ2) is 9.30. The lowest BCUT2D eigenvalue weighted by Gasteiger charge is -2.28. The highest BCUT2D eigenvalue weighted by Gasteiger charge is 2.29. The molecule has 1 saturated carbocycles. The Labute approximate surface area is 177 Å². The van der Waals surface area contributed by atoms with Crippen LogP contribution in [0.2, 0.25) is 0 Å². The molecule has 6 nitrogen and oxygen atoms in total. The van der Waals surface area contributed by atoms with Crippen LogP contribution in [0.15, 0.2) is 48.5 Å². The number of benzene rings is 2. The van der Waals surface area contributed by atoms with Crippen LogP contribution in [0.25, 0.3) is 0 Å². The topological polar surface area (TPSA) is 70.7 Å². The van der Waals surface area contributed by atoms with Gasteiger partial charge in [-0.2, -0.15) is 0 Å². The van der Waals surface area contributed by atoms with Crippen molar-refractivity contribution in [1.82, 2.24) is 10.2 Å². The maximum atomic E-state index is 12.8. The number of hydrogen-bond donors (Lipinski definition) is 2. The summed E-state index contributed by atoms with van der Waals surface area (Å²) in [6, 6.07) is 15.3. The molecule has 1 saturated heterocycles. The van der Waals surface area contributed by atoms with Crippen molar-refractivity contribution in [3.63, 3.8) is 0 Å². The van der Waals surface area contributed by atoms with Crippen LogP contribution < -0.4 is 15.4 Å². The Morgan fingerprint density at radius 2 is 1.87 bits per heavy atom. The van der Waals surface area contributed by atoms with Gasteiger partial charge in [-0.25, -0.2) is 0 Å². The van der Waals surface area contributed by atoms with Gasteiger partial charge in [0.2, 0.25) is 5.91 Å². The third-order valence-electron chi connectivity index (χ3n) is 5.86. The Morgan fingerprint density at radius 3 is 2.60 bits per heavy atom. The molecule has 0 bridgehead atoms. The van der Waals surface area contributed by atoms with Gasteiger partial charge < -0.3 is 15.4 Å². The molecule has 1 aliphatic heterocycles. The summed E-state index contributed by atoms with van der Waals surface area (Å²) < 4.78 is 5.39. The average Bonchev–Trinajstić information content (AvgIpc) is 3.50. The number of amides is 2. The molecule has 2 N–H and O–H groups in total. The van der Waals surface area contributed by atoms with Crippen LogP contribution in [0.4, 0.5) is 5.69 Å². The van der Waals surface area contributed by atoms with Crippen molar-refractivity contribution in [2.45, 2.75) is 31.7 Å². The average molecular weight is 408 g/mol. The van der Waals surface area contributed by atoms with Crippen molar-refractivity contribution in [3.05, 3.63) is 59.7 Å². The van der Waals surface area contributed by atoms with E-state index in [9.17, 15) is 9.59 Å². The minimum Gasteiger partial charge on any atom is -0.497 e. The van der Waals surface area contributed by atoms with Crippen molar-refractivity contribution in [3.8, 4) is 5.75 Å². The van der Waals surface area contributed by atoms with Crippen molar-refractivity contribution < 1.29 is 14.3 Å². The first-order valence-electron chi connectivity index (χ1n) is 10.7. The van der Waals surface area contributed by atoms with Crippen molar-refractivity contribution >= 4 is 17.5 Å². The maximum Gasteiger partial charge on any atom is 0.251 e. The van der Waals surface area contributed by atoms with Crippen LogP contribution in [0.1, 0.15) is 47.6 Å². The molecule has 1 atom stereocenters. The zero-order chi connectivity index (χ0) is 20.9. The molecule has 2 fully saturated rings. The molecule has 4 rings (SSSR count). The molecule has 2 amide bonds. The smallest absolute Gasteiger partial charge is 0.251 e. The van der Waals surface area contributed by atoms with Gasteiger partial charge in [0.25, 0.3) is 5.91 Å². The van der Waals surface area contributed by atoms with E-state index in [1.165, 1.54) is 12.8 Å². The fraction of sp³-hybridized carbons (Fsp3) is 0.417. The van der Waals surface area contributed by atoms with E-state index in [4.69, 9.17) is 4.74 Å². The third kappa shape index (κ3) is 5.00. The predicted octanol–water partition coefficient (Wildman–Crippen LogP) is 3.61. The van der Waals surface area contributed by atoms with Crippen LogP contribution >= 0.6 is 0 Å². The third-order valence-corrected chi connectivity index (χ3v) is 5.86. The Kier molecular flexibility index (Phi) is 6.33. The molecule has 0 radical (unpaired) electrons. The first-order chi connectivity index (χ1) is 14.6. The first kappa shape index (κ1) is 20.4. The predicted molar refractivity (Wildman–Crippen MR) is 117 cm³/mol. The molecule has 1 heterocycles. The summed E-state index contributed by atoms with van der Waals surface area (Å²) in [5, 5.41) is 6.00. The monoisotopic (exact) mass is 407 g/mol. The number of anilines is 1. The molecule has 0 spiro atoms. The number of nitrogens with one attached hydrogen (secondary N) is 2. The lowest BCUT2D eigenvalue weighted by Crippen LogP contribution is -2.36. The molecular formula is C24H29N3O3. The molecule has 30 heavy (non-hydrogen) atoms. The molecule has 1 aliphatic carbocycles. The van der Waals surface area contributed by atoms with Gasteiger partial charge in [-0.3, -0.25) is 14.5 Å². The quantitative estimate of drug-likeness (QED) is 0.701. The number of ether oxygens (including phenoxy) is 1. The summed E-state index contributed by atoms with van der Waals surface area (Å²) in [6.45, 7) is 2.57. The zero-order valence-corrected chi connectivity index (χ0v) is 17.4. The van der Waals surface area contributed by atoms with Crippen molar-refractivity contribution in [2.24, 2.45) is 5.92 Å². The Morgan fingerprint density at radius 1 is 1.10 bits per heavy atom. The number of carbonyl (C=O) groups excluding carboxylic acids is 2. The normalized spacial score (nSPS) is 17.4. The second-order valence-electron chi connectivity index (χ2n) is 8.09. The summed E-state index contributed by atoms with van der Waals surface area (Å²) in [5.41, 5.74) is 2.36. The van der Waals surface area contributed by atoms with Crippen LogP contribution in [0.5, 0.6) is 5.75 Å². The standard InChI is InChI=1S/C24H29N3O3/c1-30-21-9-5-6-18(15-21)22(27-12-2-3-13-27)16-25-23(28)19-7-4-8-20(14-19)26-24(29)17-10-11-17/h4-9,14-15,17,22H,2-3,10-13,16H2,1H3,(H,25,28)(H,26,29). The Balaban J connectivity index is 1.43. The molecular weight excluding hydrogens is 378 g/mol. The number of methoxy groups -OCH3 is 1. The molecule has 2 aromatic carbocycles. The van der Waals surface area contributed by atoms with Gasteiger partial charge >= 0.3 is 0 Å². The molecule has 2 aromatic rings. The SMILES string of the molecule is COc1cccc(C(CNC(=O)c2cccc(NC(=O)C3CC3)c2)N2CCCC2)c1. The minimum atomic E-state index is -0.135. The van der Waals surface area contributed by atoms with Gasteiger partial charge in [-0.1, -0.05) is 18.2 Å². The summed E-state index contributed by atoms with van der Waals surface area (Å²) >= 11 is 0. The van der Waals surface area contributed by atoms with Gasteiger partial charge in [0.05, 0.1) is 13.2 Å². The van der Waals surface area contributed by atoms with Crippen LogP contribution in [-0.4, -0.2) is 43.5 Å². The van der Waals surface area contributed by atoms with E-state index in [1.807, 2.05) is 24.3 Å². The van der Waals surface area contributed by atoms with E-state index >= 15 is 0 Å². The minimum absolute atomic E-state index is 0.0414. The number of likely N-dealkylation sites (tertiary alicyclic amines) is 1. The molecule has 0 aromatic heterocycles. The molecule has 2 aliphatic rings. The van der Waals surface area contributed by atoms with E-state index in [2.05, 4.69) is 21.6 Å². The van der Waals surface area contributed by atoms with Crippen LogP contribution in [0.3, 0.4) is 0 Å². The van der Waals surface area contributed by atoms with E-state index in [0.29, 0.717) is 17.8 Å². The largest absolute Gasteiger partial charge is 0.497 e. The summed E-state index contributed by atoms with van der Waals surface area (Å²) in [7, 11) is 1.67. The summed E-state index contributed by atoms with van der Waals surface area (Å²) in [6.07, 6.45) is 4.26. The van der Waals surface area contributed by atoms with E-state index in [1.54, 1.807) is 25.3 Å². The number of rotatable bonds is 8. The molecule has 6 heteroatoms. The van der Waals surface area contributed by atoms with Gasteiger partial charge in [0, 0.05) is 23.7 Å². The van der Waals surface area contributed by atoms with Gasteiger partial charge in [-0.15, -0.1) is 0 Å². The van der Waals surface area contributed by atoms with E-state index < -0.39 is 0 Å². The highest BCUT2D eigenvalue weighted by molar-refractivity contribution is 5.98. The zero-order valence-electron chi connectivity index (χ0n) is 17.4. The first-order valence-corrected chi connectivity index (χ1v) is 10.7. The van der Waals surface area contributed by atoms with Gasteiger partial charge in [-0.05, 0) is 74.7 Å². The summed E-state index contributed by atoms with van der Waals surface area (Å²) in [4.78, 5) is 27.3. The lowest BCUT2D eigenvalue weighted by molar-refractivity contribution is -0.117. The molecule has 1 unspecified atom stereocenters. The number of carbonyl (C=O) groups is 2.